The first-order valence-electron chi connectivity index (χ1n) is 9.79. The monoisotopic (exact) mass is 546 g/mol. The van der Waals surface area contributed by atoms with Crippen LogP contribution in [-0.2, 0) is 36.3 Å². The largest absolute Gasteiger partial charge is 0.490 e. The van der Waals surface area contributed by atoms with E-state index in [9.17, 15) is 23.5 Å². The highest BCUT2D eigenvalue weighted by Crippen LogP contribution is 2.66. The molecule has 34 heavy (non-hydrogen) atoms. The van der Waals surface area contributed by atoms with Gasteiger partial charge in [0.1, 0.15) is 11.8 Å². The minimum absolute atomic E-state index is 0.180. The number of fused-ring (bicyclic) bond motifs is 1. The second kappa shape index (κ2) is 10.4. The summed E-state index contributed by atoms with van der Waals surface area (Å²) in [5.41, 5.74) is 8.24. The van der Waals surface area contributed by atoms with Crippen molar-refractivity contribution in [1.29, 1.82) is 0 Å². The Labute approximate surface area is 193 Å². The van der Waals surface area contributed by atoms with Gasteiger partial charge in [0.2, 0.25) is 0 Å². The highest BCUT2D eigenvalue weighted by molar-refractivity contribution is 7.66. The van der Waals surface area contributed by atoms with Crippen molar-refractivity contribution in [3.05, 3.63) is 17.6 Å². The van der Waals surface area contributed by atoms with E-state index < -0.39 is 48.5 Å². The fraction of sp³-hybridized carbons (Fsp3) is 0.600. The number of hydrogen-bond acceptors (Lipinski definition) is 11. The number of aliphatic imine (C=N–C) groups is 1. The Balaban J connectivity index is 1.71. The average molecular weight is 546 g/mol. The molecule has 2 unspecified atom stereocenters. The van der Waals surface area contributed by atoms with E-state index >= 15 is 0 Å². The number of phosphoric acid groups is 3. The third-order valence-corrected chi connectivity index (χ3v) is 8.75. The van der Waals surface area contributed by atoms with Crippen molar-refractivity contribution < 1.29 is 55.9 Å². The summed E-state index contributed by atoms with van der Waals surface area (Å²) < 4.78 is 59.1. The molecule has 19 heteroatoms. The molecule has 2 aliphatic heterocycles. The maximum absolute atomic E-state index is 12.0. The summed E-state index contributed by atoms with van der Waals surface area (Å²) in [6.45, 7) is 1.38. The van der Waals surface area contributed by atoms with Gasteiger partial charge < -0.3 is 34.8 Å². The van der Waals surface area contributed by atoms with E-state index in [-0.39, 0.29) is 6.42 Å². The number of hydrogen-bond donors (Lipinski definition) is 5. The predicted molar refractivity (Wildman–Crippen MR) is 116 cm³/mol. The topological polar surface area (TPSA) is 234 Å². The number of aromatic nitrogens is 2. The van der Waals surface area contributed by atoms with Crippen LogP contribution in [0.25, 0.3) is 5.70 Å². The van der Waals surface area contributed by atoms with E-state index in [1.54, 1.807) is 10.8 Å². The SMILES string of the molecule is CCC1=C(N)c2ncn([C@@H]3O[C@H](COP(=O)(O)OP(=O)(O)OP(=O)(O)O)C[C@H]3OC)c2N=CC1. The van der Waals surface area contributed by atoms with E-state index in [1.807, 2.05) is 6.92 Å². The lowest BCUT2D eigenvalue weighted by Gasteiger charge is -2.20. The lowest BCUT2D eigenvalue weighted by Crippen LogP contribution is -2.21. The summed E-state index contributed by atoms with van der Waals surface area (Å²) in [6, 6.07) is 0. The number of nitrogens with zero attached hydrogens (tertiary/aromatic N) is 3. The number of imidazole rings is 1. The first kappa shape index (κ1) is 27.3. The Bertz CT molecular complexity index is 1110. The Morgan fingerprint density at radius 2 is 1.91 bits per heavy atom. The average Bonchev–Trinajstić information content (AvgIpc) is 3.26. The molecule has 3 rings (SSSR count). The quantitative estimate of drug-likeness (QED) is 0.263. The maximum Gasteiger partial charge on any atom is 0.490 e. The standard InChI is InChI=1S/C15H25N4O12P3/c1-3-9-4-5-17-14-13(12(9)16)18-8-19(14)15-11(27-2)6-10(29-15)7-28-33(23,24)31-34(25,26)30-32(20,21)22/h5,8,10-11,15H,3-4,6-7,16H2,1-2H3,(H,23,24)(H,25,26)(H2,20,21,22)/t10-,11+,15+/m0/s1. The molecule has 0 spiro atoms. The summed E-state index contributed by atoms with van der Waals surface area (Å²) in [5.74, 6) is 0.446. The van der Waals surface area contributed by atoms with Crippen LogP contribution >= 0.6 is 23.5 Å². The van der Waals surface area contributed by atoms with Crippen LogP contribution in [0.15, 0.2) is 16.9 Å². The first-order chi connectivity index (χ1) is 15.8. The molecule has 0 saturated carbocycles. The first-order valence-corrected chi connectivity index (χ1v) is 14.3. The summed E-state index contributed by atoms with van der Waals surface area (Å²) in [4.78, 5) is 44.8. The van der Waals surface area contributed by atoms with Gasteiger partial charge in [-0.2, -0.15) is 8.62 Å². The zero-order chi connectivity index (χ0) is 25.3. The van der Waals surface area contributed by atoms with E-state index in [4.69, 9.17) is 25.0 Å². The molecule has 6 N–H and O–H groups in total. The highest BCUT2D eigenvalue weighted by atomic mass is 31.3. The van der Waals surface area contributed by atoms with E-state index in [2.05, 4.69) is 23.1 Å². The minimum atomic E-state index is -5.61. The van der Waals surface area contributed by atoms with Gasteiger partial charge in [-0.3, -0.25) is 9.09 Å². The molecule has 2 aliphatic rings. The molecule has 1 aromatic heterocycles. The number of nitrogens with two attached hydrogens (primary N) is 1. The number of methoxy groups -OCH3 is 1. The van der Waals surface area contributed by atoms with Crippen LogP contribution in [0.5, 0.6) is 0 Å². The lowest BCUT2D eigenvalue weighted by atomic mass is 10.1. The van der Waals surface area contributed by atoms with E-state index in [1.165, 1.54) is 13.4 Å². The molecule has 1 fully saturated rings. The van der Waals surface area contributed by atoms with Gasteiger partial charge >= 0.3 is 23.5 Å². The van der Waals surface area contributed by atoms with Gasteiger partial charge in [-0.25, -0.2) is 23.7 Å². The molecule has 0 aliphatic carbocycles. The smallest absolute Gasteiger partial charge is 0.397 e. The van der Waals surface area contributed by atoms with Crippen molar-refractivity contribution in [3.63, 3.8) is 0 Å². The molecule has 0 amide bonds. The lowest BCUT2D eigenvalue weighted by molar-refractivity contribution is -0.0587. The second-order valence-electron chi connectivity index (χ2n) is 7.26. The predicted octanol–water partition coefficient (Wildman–Crippen LogP) is 1.71. The molecule has 0 aromatic carbocycles. The Morgan fingerprint density at radius 3 is 2.53 bits per heavy atom. The van der Waals surface area contributed by atoms with Gasteiger partial charge in [0.15, 0.2) is 12.0 Å². The van der Waals surface area contributed by atoms with Crippen LogP contribution in [-0.4, -0.2) is 61.3 Å². The molecule has 1 aromatic rings. The van der Waals surface area contributed by atoms with Crippen molar-refractivity contribution >= 4 is 41.2 Å². The van der Waals surface area contributed by atoms with E-state index in [0.29, 0.717) is 23.6 Å². The third-order valence-electron chi connectivity index (χ3n) is 4.94. The number of phosphoric ester groups is 1. The van der Waals surface area contributed by atoms with Gasteiger partial charge in [-0.1, -0.05) is 6.92 Å². The summed E-state index contributed by atoms with van der Waals surface area (Å²) in [5, 5.41) is 0. The molecule has 16 nitrogen and oxygen atoms in total. The molecule has 3 heterocycles. The highest BCUT2D eigenvalue weighted by Gasteiger charge is 2.43. The van der Waals surface area contributed by atoms with Crippen LogP contribution in [0.2, 0.25) is 0 Å². The number of ether oxygens (including phenoxy) is 2. The molecular formula is C15H25N4O12P3. The van der Waals surface area contributed by atoms with Crippen molar-refractivity contribution in [3.8, 4) is 0 Å². The zero-order valence-electron chi connectivity index (χ0n) is 18.0. The molecule has 0 bridgehead atoms. The number of allylic oxidation sites excluding steroid dienone is 1. The fourth-order valence-electron chi connectivity index (χ4n) is 3.47. The summed E-state index contributed by atoms with van der Waals surface area (Å²) in [6.07, 6.45) is 2.51. The summed E-state index contributed by atoms with van der Waals surface area (Å²) >= 11 is 0. The van der Waals surface area contributed by atoms with Crippen LogP contribution < -0.4 is 5.73 Å². The molecule has 1 saturated heterocycles. The molecular weight excluding hydrogens is 521 g/mol. The Kier molecular flexibility index (Phi) is 8.36. The normalized spacial score (nSPS) is 26.7. The van der Waals surface area contributed by atoms with Crippen LogP contribution in [0.4, 0.5) is 5.82 Å². The van der Waals surface area contributed by atoms with Crippen molar-refractivity contribution in [1.82, 2.24) is 9.55 Å². The van der Waals surface area contributed by atoms with Gasteiger partial charge in [0.25, 0.3) is 0 Å². The second-order valence-corrected chi connectivity index (χ2v) is 11.7. The maximum atomic E-state index is 12.0. The Hall–Kier alpha value is -1.25. The van der Waals surface area contributed by atoms with Gasteiger partial charge in [0.05, 0.1) is 24.7 Å². The van der Waals surface area contributed by atoms with Crippen LogP contribution in [0.1, 0.15) is 38.1 Å². The summed E-state index contributed by atoms with van der Waals surface area (Å²) in [7, 11) is -14.9. The fourth-order valence-corrected chi connectivity index (χ4v) is 6.52. The van der Waals surface area contributed by atoms with Crippen LogP contribution in [0, 0.1) is 0 Å². The zero-order valence-corrected chi connectivity index (χ0v) is 20.7. The molecule has 192 valence electrons. The minimum Gasteiger partial charge on any atom is -0.397 e. The molecule has 0 radical (unpaired) electrons. The number of rotatable bonds is 10. The van der Waals surface area contributed by atoms with Gasteiger partial charge in [-0.15, -0.1) is 0 Å². The Morgan fingerprint density at radius 1 is 1.21 bits per heavy atom. The van der Waals surface area contributed by atoms with Gasteiger partial charge in [-0.05, 0) is 12.0 Å². The van der Waals surface area contributed by atoms with Crippen molar-refractivity contribution in [2.24, 2.45) is 10.7 Å². The van der Waals surface area contributed by atoms with E-state index in [0.717, 1.165) is 12.0 Å². The van der Waals surface area contributed by atoms with Gasteiger partial charge in [0, 0.05) is 26.2 Å². The van der Waals surface area contributed by atoms with Crippen molar-refractivity contribution in [2.75, 3.05) is 13.7 Å². The van der Waals surface area contributed by atoms with Crippen molar-refractivity contribution in [2.45, 2.75) is 44.6 Å². The third kappa shape index (κ3) is 6.70. The molecule has 5 atom stereocenters. The van der Waals surface area contributed by atoms with Crippen LogP contribution in [0.3, 0.4) is 0 Å².